The molecule has 136 valence electrons. The molecule has 3 N–H and O–H groups in total. The number of carbonyl (C=O) groups excluding carboxylic acids is 1. The second kappa shape index (κ2) is 8.64. The average Bonchev–Trinajstić information content (AvgIpc) is 2.58. The lowest BCUT2D eigenvalue weighted by atomic mass is 9.91. The van der Waals surface area contributed by atoms with Gasteiger partial charge >= 0.3 is 6.18 Å². The van der Waals surface area contributed by atoms with E-state index in [4.69, 9.17) is 5.73 Å². The summed E-state index contributed by atoms with van der Waals surface area (Å²) in [5.74, 6) is -0.178. The summed E-state index contributed by atoms with van der Waals surface area (Å²) in [6.07, 6.45) is 1.57. The second-order valence-electron chi connectivity index (χ2n) is 5.82. The predicted molar refractivity (Wildman–Crippen MR) is 90.1 cm³/mol. The van der Waals surface area contributed by atoms with Gasteiger partial charge in [0.05, 0.1) is 11.9 Å². The number of nitrogens with two attached hydrogens (primary N) is 1. The predicted octanol–water partition coefficient (Wildman–Crippen LogP) is 3.59. The summed E-state index contributed by atoms with van der Waals surface area (Å²) in [6, 6.07) is 3.44. The number of rotatable bonds is 5. The van der Waals surface area contributed by atoms with E-state index in [1.54, 1.807) is 18.3 Å². The fourth-order valence-corrected chi connectivity index (χ4v) is 2.64. The molecule has 1 saturated carbocycles. The van der Waals surface area contributed by atoms with Crippen LogP contribution in [-0.2, 0) is 4.79 Å². The smallest absolute Gasteiger partial charge is 0.394 e. The number of carbonyl (C=O) groups is 1. The molecular weight excluding hydrogens is 333 g/mol. The third kappa shape index (κ3) is 5.88. The molecule has 0 atom stereocenters. The molecule has 1 fully saturated rings. The third-order valence-electron chi connectivity index (χ3n) is 3.88. The van der Waals surface area contributed by atoms with Crippen molar-refractivity contribution >= 4 is 17.3 Å². The van der Waals surface area contributed by atoms with E-state index in [-0.39, 0.29) is 17.9 Å². The van der Waals surface area contributed by atoms with E-state index >= 15 is 0 Å². The summed E-state index contributed by atoms with van der Waals surface area (Å²) in [6.45, 7) is 0.296. The number of halogens is 3. The first kappa shape index (κ1) is 19.0. The van der Waals surface area contributed by atoms with Crippen LogP contribution in [-0.4, -0.2) is 29.3 Å². The van der Waals surface area contributed by atoms with Crippen LogP contribution in [0.3, 0.4) is 0 Å². The molecule has 8 heteroatoms. The number of anilines is 1. The Labute approximate surface area is 144 Å². The highest BCUT2D eigenvalue weighted by atomic mass is 19.4. The highest BCUT2D eigenvalue weighted by Crippen LogP contribution is 2.30. The molecule has 0 radical (unpaired) electrons. The van der Waals surface area contributed by atoms with Crippen molar-refractivity contribution < 1.29 is 18.0 Å². The largest absolute Gasteiger partial charge is 0.431 e. The molecular formula is C17H21F3N4O. The normalized spacial score (nSPS) is 18.9. The number of alkyl halides is 3. The van der Waals surface area contributed by atoms with Gasteiger partial charge in [0.25, 0.3) is 0 Å². The molecule has 0 aliphatic heterocycles. The van der Waals surface area contributed by atoms with Crippen molar-refractivity contribution in [3.63, 3.8) is 0 Å². The maximum absolute atomic E-state index is 12.8. The number of amides is 1. The Kier molecular flexibility index (Phi) is 6.55. The lowest BCUT2D eigenvalue weighted by molar-refractivity contribution is -0.116. The highest BCUT2D eigenvalue weighted by Gasteiger charge is 2.35. The van der Waals surface area contributed by atoms with Crippen LogP contribution in [0.15, 0.2) is 40.8 Å². The van der Waals surface area contributed by atoms with E-state index in [0.29, 0.717) is 43.6 Å². The maximum Gasteiger partial charge on any atom is 0.431 e. The van der Waals surface area contributed by atoms with Gasteiger partial charge in [0.15, 0.2) is 0 Å². The topological polar surface area (TPSA) is 80.4 Å². The first-order chi connectivity index (χ1) is 11.9. The highest BCUT2D eigenvalue weighted by molar-refractivity contribution is 6.01. The van der Waals surface area contributed by atoms with E-state index in [0.717, 1.165) is 6.42 Å². The van der Waals surface area contributed by atoms with Gasteiger partial charge in [-0.2, -0.15) is 13.2 Å². The number of nitrogens with one attached hydrogen (secondary N) is 1. The van der Waals surface area contributed by atoms with Gasteiger partial charge in [-0.1, -0.05) is 0 Å². The summed E-state index contributed by atoms with van der Waals surface area (Å²) in [5.41, 5.74) is 5.36. The molecule has 1 aliphatic carbocycles. The zero-order chi connectivity index (χ0) is 18.3. The van der Waals surface area contributed by atoms with E-state index < -0.39 is 11.9 Å². The Morgan fingerprint density at radius 3 is 2.76 bits per heavy atom. The van der Waals surface area contributed by atoms with Crippen molar-refractivity contribution in [3.8, 4) is 0 Å². The quantitative estimate of drug-likeness (QED) is 0.793. The summed E-state index contributed by atoms with van der Waals surface area (Å²) in [4.78, 5) is 20.0. The molecule has 0 spiro atoms. The second-order valence-corrected chi connectivity index (χ2v) is 5.82. The van der Waals surface area contributed by atoms with Crippen LogP contribution < -0.4 is 11.1 Å². The molecule has 1 aromatic rings. The molecule has 0 aromatic carbocycles. The third-order valence-corrected chi connectivity index (χ3v) is 3.88. The molecule has 2 rings (SSSR count). The molecule has 25 heavy (non-hydrogen) atoms. The maximum atomic E-state index is 12.8. The van der Waals surface area contributed by atoms with E-state index in [9.17, 15) is 18.0 Å². The van der Waals surface area contributed by atoms with Crippen LogP contribution in [0.4, 0.5) is 18.9 Å². The summed E-state index contributed by atoms with van der Waals surface area (Å²) >= 11 is 0. The van der Waals surface area contributed by atoms with E-state index in [1.807, 2.05) is 0 Å². The van der Waals surface area contributed by atoms with Gasteiger partial charge in [0.2, 0.25) is 5.91 Å². The Balaban J connectivity index is 1.88. The fraction of sp³-hybridized carbons (Fsp3) is 0.471. The molecule has 0 saturated heterocycles. The van der Waals surface area contributed by atoms with Crippen molar-refractivity contribution in [1.29, 1.82) is 0 Å². The van der Waals surface area contributed by atoms with Crippen molar-refractivity contribution in [1.82, 2.24) is 4.98 Å². The molecule has 0 unspecified atom stereocenters. The zero-order valence-corrected chi connectivity index (χ0v) is 13.8. The van der Waals surface area contributed by atoms with E-state index in [2.05, 4.69) is 15.3 Å². The van der Waals surface area contributed by atoms with Crippen LogP contribution in [0.2, 0.25) is 0 Å². The minimum Gasteiger partial charge on any atom is -0.394 e. The number of nitrogens with zero attached hydrogens (tertiary/aromatic N) is 2. The lowest BCUT2D eigenvalue weighted by Gasteiger charge is -2.20. The average molecular weight is 354 g/mol. The number of pyridine rings is 1. The number of aromatic nitrogens is 1. The van der Waals surface area contributed by atoms with Crippen LogP contribution >= 0.6 is 0 Å². The number of allylic oxidation sites excluding steroid dienone is 2. The van der Waals surface area contributed by atoms with Crippen LogP contribution in [0.5, 0.6) is 0 Å². The molecule has 1 aliphatic rings. The van der Waals surface area contributed by atoms with Gasteiger partial charge in [0.1, 0.15) is 5.70 Å². The summed E-state index contributed by atoms with van der Waals surface area (Å²) in [5, 5.41) is 2.70. The van der Waals surface area contributed by atoms with Crippen LogP contribution in [0.1, 0.15) is 38.5 Å². The Morgan fingerprint density at radius 1 is 1.32 bits per heavy atom. The van der Waals surface area contributed by atoms with Gasteiger partial charge < -0.3 is 11.1 Å². The molecule has 0 bridgehead atoms. The minimum absolute atomic E-state index is 0.110. The van der Waals surface area contributed by atoms with Gasteiger partial charge in [-0.15, -0.1) is 0 Å². The zero-order valence-electron chi connectivity index (χ0n) is 13.8. The van der Waals surface area contributed by atoms with Crippen molar-refractivity contribution in [2.24, 2.45) is 10.7 Å². The number of hydrogen-bond acceptors (Lipinski definition) is 4. The standard InChI is InChI=1S/C17H21F3N4O/c18-17(19,20)16(21)13-6-1-2-7-14(13)23-10-4-8-15(25)24-12-5-3-9-22-11-12/h3,5,9,11H,1-2,4,6-8,10,21H2,(H,24,25). The van der Waals surface area contributed by atoms with Crippen LogP contribution in [0.25, 0.3) is 0 Å². The first-order valence-corrected chi connectivity index (χ1v) is 8.17. The van der Waals surface area contributed by atoms with Crippen molar-refractivity contribution in [2.45, 2.75) is 44.7 Å². The molecule has 1 heterocycles. The van der Waals surface area contributed by atoms with Gasteiger partial charge in [-0.25, -0.2) is 0 Å². The lowest BCUT2D eigenvalue weighted by Crippen LogP contribution is -2.26. The SMILES string of the molecule is NC(=C1CCCCC1=NCCCC(=O)Nc1cccnc1)C(F)(F)F. The Hall–Kier alpha value is -2.38. The van der Waals surface area contributed by atoms with Crippen LogP contribution in [0, 0.1) is 0 Å². The van der Waals surface area contributed by atoms with Gasteiger partial charge in [0, 0.05) is 30.4 Å². The minimum atomic E-state index is -4.53. The first-order valence-electron chi connectivity index (χ1n) is 8.17. The number of hydrogen-bond donors (Lipinski definition) is 2. The number of aliphatic imine (C=N–C) groups is 1. The molecule has 1 amide bonds. The Bertz CT molecular complexity index is 654. The fourth-order valence-electron chi connectivity index (χ4n) is 2.64. The van der Waals surface area contributed by atoms with Crippen molar-refractivity contribution in [2.75, 3.05) is 11.9 Å². The molecule has 1 aromatic heterocycles. The summed E-state index contributed by atoms with van der Waals surface area (Å²) in [7, 11) is 0. The monoisotopic (exact) mass is 354 g/mol. The van der Waals surface area contributed by atoms with E-state index in [1.165, 1.54) is 6.20 Å². The Morgan fingerprint density at radius 2 is 2.08 bits per heavy atom. The van der Waals surface area contributed by atoms with Crippen molar-refractivity contribution in [3.05, 3.63) is 35.8 Å². The summed E-state index contributed by atoms with van der Waals surface area (Å²) < 4.78 is 38.4. The molecule has 5 nitrogen and oxygen atoms in total. The van der Waals surface area contributed by atoms with Gasteiger partial charge in [-0.05, 0) is 44.2 Å². The van der Waals surface area contributed by atoms with Gasteiger partial charge in [-0.3, -0.25) is 14.8 Å².